The molecule has 0 aliphatic heterocycles. The Balaban J connectivity index is 1.98. The molecule has 2 heterocycles. The molecule has 6 nitrogen and oxygen atoms in total. The summed E-state index contributed by atoms with van der Waals surface area (Å²) in [6, 6.07) is 7.48. The van der Waals surface area contributed by atoms with Gasteiger partial charge < -0.3 is 5.32 Å². The topological polar surface area (TPSA) is 83.6 Å². The van der Waals surface area contributed by atoms with Crippen LogP contribution in [0.3, 0.4) is 0 Å². The molecule has 3 rings (SSSR count). The number of hydrogen-bond donors (Lipinski definition) is 2. The van der Waals surface area contributed by atoms with Crippen molar-refractivity contribution in [1.82, 2.24) is 20.2 Å². The zero-order valence-electron chi connectivity index (χ0n) is 9.29. The maximum absolute atomic E-state index is 11.9. The number of nitrogens with one attached hydrogen (secondary N) is 2. The van der Waals surface area contributed by atoms with E-state index >= 15 is 0 Å². The van der Waals surface area contributed by atoms with Gasteiger partial charge in [0, 0.05) is 28.9 Å². The van der Waals surface area contributed by atoms with Gasteiger partial charge in [0.1, 0.15) is 6.33 Å². The van der Waals surface area contributed by atoms with Crippen molar-refractivity contribution in [2.45, 2.75) is 0 Å². The molecule has 0 atom stereocenters. The maximum Gasteiger partial charge on any atom is 0.292 e. The molecule has 0 spiro atoms. The average molecular weight is 239 g/mol. The largest absolute Gasteiger partial charge is 0.319 e. The van der Waals surface area contributed by atoms with E-state index in [1.54, 1.807) is 12.4 Å². The summed E-state index contributed by atoms with van der Waals surface area (Å²) in [5.74, 6) is -0.141. The van der Waals surface area contributed by atoms with E-state index in [-0.39, 0.29) is 11.7 Å². The van der Waals surface area contributed by atoms with Crippen molar-refractivity contribution >= 4 is 22.4 Å². The molecule has 1 aromatic carbocycles. The number of fused-ring (bicyclic) bond motifs is 1. The van der Waals surface area contributed by atoms with E-state index in [1.165, 1.54) is 6.33 Å². The summed E-state index contributed by atoms with van der Waals surface area (Å²) in [7, 11) is 0. The Hall–Kier alpha value is -2.76. The van der Waals surface area contributed by atoms with Gasteiger partial charge in [-0.05, 0) is 12.1 Å². The third-order valence-corrected chi connectivity index (χ3v) is 2.56. The Bertz CT molecular complexity index is 687. The summed E-state index contributed by atoms with van der Waals surface area (Å²) in [4.78, 5) is 19.7. The number of nitrogens with zero attached hydrogens (tertiary/aromatic N) is 3. The molecule has 3 aromatic rings. The van der Waals surface area contributed by atoms with Crippen LogP contribution in [0.1, 0.15) is 10.6 Å². The van der Waals surface area contributed by atoms with Gasteiger partial charge in [-0.15, -0.1) is 0 Å². The lowest BCUT2D eigenvalue weighted by Gasteiger charge is -2.06. The molecule has 0 radical (unpaired) electrons. The van der Waals surface area contributed by atoms with Crippen LogP contribution in [0.25, 0.3) is 10.8 Å². The van der Waals surface area contributed by atoms with E-state index in [1.807, 2.05) is 24.3 Å². The molecular weight excluding hydrogens is 230 g/mol. The Morgan fingerprint density at radius 1 is 1.28 bits per heavy atom. The smallest absolute Gasteiger partial charge is 0.292 e. The highest BCUT2D eigenvalue weighted by atomic mass is 16.2. The summed E-state index contributed by atoms with van der Waals surface area (Å²) >= 11 is 0. The van der Waals surface area contributed by atoms with E-state index in [0.717, 1.165) is 16.5 Å². The minimum Gasteiger partial charge on any atom is -0.319 e. The van der Waals surface area contributed by atoms with Gasteiger partial charge in [-0.2, -0.15) is 5.10 Å². The number of aromatic nitrogens is 4. The number of carbonyl (C=O) groups is 1. The van der Waals surface area contributed by atoms with Crippen molar-refractivity contribution in [3.8, 4) is 0 Å². The van der Waals surface area contributed by atoms with Gasteiger partial charge >= 0.3 is 0 Å². The highest BCUT2D eigenvalue weighted by Crippen LogP contribution is 2.22. The standard InChI is InChI=1S/C12H9N5O/c18-12(11-14-7-15-17-11)16-10-3-1-2-8-6-13-5-4-9(8)10/h1-7H,(H,16,18)(H,14,15,17). The molecule has 0 unspecified atom stereocenters. The summed E-state index contributed by atoms with van der Waals surface area (Å²) in [6.45, 7) is 0. The monoisotopic (exact) mass is 239 g/mol. The van der Waals surface area contributed by atoms with E-state index in [0.29, 0.717) is 0 Å². The molecule has 88 valence electrons. The van der Waals surface area contributed by atoms with Crippen molar-refractivity contribution in [3.05, 3.63) is 48.8 Å². The highest BCUT2D eigenvalue weighted by Gasteiger charge is 2.10. The van der Waals surface area contributed by atoms with Gasteiger partial charge in [-0.3, -0.25) is 14.9 Å². The van der Waals surface area contributed by atoms with Crippen molar-refractivity contribution in [2.24, 2.45) is 0 Å². The predicted octanol–water partition coefficient (Wildman–Crippen LogP) is 1.61. The number of amides is 1. The lowest BCUT2D eigenvalue weighted by Crippen LogP contribution is -2.13. The molecule has 2 aromatic heterocycles. The molecule has 0 fully saturated rings. The number of anilines is 1. The lowest BCUT2D eigenvalue weighted by molar-refractivity contribution is 0.101. The first kappa shape index (κ1) is 10.4. The summed E-state index contributed by atoms with van der Waals surface area (Å²) in [5.41, 5.74) is 0.719. The van der Waals surface area contributed by atoms with Crippen LogP contribution >= 0.6 is 0 Å². The number of aromatic amines is 1. The first-order valence-corrected chi connectivity index (χ1v) is 5.34. The third kappa shape index (κ3) is 1.80. The maximum atomic E-state index is 11.9. The highest BCUT2D eigenvalue weighted by molar-refractivity contribution is 6.07. The minimum atomic E-state index is -0.322. The van der Waals surface area contributed by atoms with Crippen molar-refractivity contribution in [2.75, 3.05) is 5.32 Å². The number of pyridine rings is 1. The van der Waals surface area contributed by atoms with Crippen LogP contribution in [0.2, 0.25) is 0 Å². The molecule has 1 amide bonds. The number of rotatable bonds is 2. The van der Waals surface area contributed by atoms with E-state index in [9.17, 15) is 4.79 Å². The molecule has 0 aliphatic carbocycles. The lowest BCUT2D eigenvalue weighted by atomic mass is 10.1. The fourth-order valence-electron chi connectivity index (χ4n) is 1.73. The van der Waals surface area contributed by atoms with E-state index in [2.05, 4.69) is 25.5 Å². The van der Waals surface area contributed by atoms with Crippen LogP contribution in [0.15, 0.2) is 43.0 Å². The summed E-state index contributed by atoms with van der Waals surface area (Å²) in [5, 5.41) is 10.8. The quantitative estimate of drug-likeness (QED) is 0.711. The second-order valence-electron chi connectivity index (χ2n) is 3.69. The number of carbonyl (C=O) groups excluding carboxylic acids is 1. The minimum absolute atomic E-state index is 0.182. The zero-order chi connectivity index (χ0) is 12.4. The van der Waals surface area contributed by atoms with Gasteiger partial charge in [-0.1, -0.05) is 12.1 Å². The summed E-state index contributed by atoms with van der Waals surface area (Å²) < 4.78 is 0. The molecule has 0 bridgehead atoms. The number of benzene rings is 1. The van der Waals surface area contributed by atoms with Crippen molar-refractivity contribution in [3.63, 3.8) is 0 Å². The molecule has 0 saturated heterocycles. The number of H-pyrrole nitrogens is 1. The van der Waals surface area contributed by atoms with Crippen molar-refractivity contribution < 1.29 is 4.79 Å². The Labute approximate surface area is 102 Å². The van der Waals surface area contributed by atoms with E-state index < -0.39 is 0 Å². The Morgan fingerprint density at radius 3 is 3.06 bits per heavy atom. The van der Waals surface area contributed by atoms with Gasteiger partial charge in [0.2, 0.25) is 5.82 Å². The second-order valence-corrected chi connectivity index (χ2v) is 3.69. The predicted molar refractivity (Wildman–Crippen MR) is 66.1 cm³/mol. The van der Waals surface area contributed by atoms with Crippen LogP contribution in [0, 0.1) is 0 Å². The van der Waals surface area contributed by atoms with Crippen LogP contribution in [-0.2, 0) is 0 Å². The molecule has 0 aliphatic rings. The zero-order valence-corrected chi connectivity index (χ0v) is 9.29. The SMILES string of the molecule is O=C(Nc1cccc2cnccc12)c1ncn[nH]1. The fourth-order valence-corrected chi connectivity index (χ4v) is 1.73. The Morgan fingerprint density at radius 2 is 2.22 bits per heavy atom. The van der Waals surface area contributed by atoms with Crippen molar-refractivity contribution in [1.29, 1.82) is 0 Å². The van der Waals surface area contributed by atoms with Crippen LogP contribution < -0.4 is 5.32 Å². The van der Waals surface area contributed by atoms with Gasteiger partial charge in [0.05, 0.1) is 0 Å². The first-order valence-electron chi connectivity index (χ1n) is 5.34. The normalized spacial score (nSPS) is 10.4. The summed E-state index contributed by atoms with van der Waals surface area (Å²) in [6.07, 6.45) is 4.73. The van der Waals surface area contributed by atoms with Crippen LogP contribution in [0.4, 0.5) is 5.69 Å². The molecule has 6 heteroatoms. The van der Waals surface area contributed by atoms with E-state index in [4.69, 9.17) is 0 Å². The molecular formula is C12H9N5O. The first-order chi connectivity index (χ1) is 8.84. The van der Waals surface area contributed by atoms with Crippen LogP contribution in [0.5, 0.6) is 0 Å². The number of hydrogen-bond acceptors (Lipinski definition) is 4. The molecule has 0 saturated carbocycles. The third-order valence-electron chi connectivity index (χ3n) is 2.56. The fraction of sp³-hybridized carbons (Fsp3) is 0. The molecule has 2 N–H and O–H groups in total. The second kappa shape index (κ2) is 4.25. The van der Waals surface area contributed by atoms with Crippen LogP contribution in [-0.4, -0.2) is 26.1 Å². The molecule has 18 heavy (non-hydrogen) atoms. The Kier molecular flexibility index (Phi) is 2.45. The van der Waals surface area contributed by atoms with Gasteiger partial charge in [-0.25, -0.2) is 4.98 Å². The average Bonchev–Trinajstić information content (AvgIpc) is 2.93. The van der Waals surface area contributed by atoms with Gasteiger partial charge in [0.25, 0.3) is 5.91 Å². The van der Waals surface area contributed by atoms with Gasteiger partial charge in [0.15, 0.2) is 0 Å².